The molecule has 0 bridgehead atoms. The van der Waals surface area contributed by atoms with Gasteiger partial charge in [-0.3, -0.25) is 14.4 Å². The first-order chi connectivity index (χ1) is 15.1. The summed E-state index contributed by atoms with van der Waals surface area (Å²) in [5, 5.41) is 13.0. The minimum atomic E-state index is -1.24. The number of amides is 1. The first-order valence-electron chi connectivity index (χ1n) is 11.9. The number of hydrogen-bond acceptors (Lipinski definition) is 5. The molecule has 178 valence electrons. The zero-order valence-electron chi connectivity index (χ0n) is 20.3. The number of methoxy groups -OCH3 is 1. The minimum absolute atomic E-state index is 0.0682. The van der Waals surface area contributed by atoms with Gasteiger partial charge in [0.2, 0.25) is 5.91 Å². The van der Waals surface area contributed by atoms with Crippen LogP contribution in [0.25, 0.3) is 0 Å². The van der Waals surface area contributed by atoms with Crippen LogP contribution >= 0.6 is 0 Å². The molecule has 0 aromatic rings. The highest BCUT2D eigenvalue weighted by Gasteiger charge is 2.65. The monoisotopic (exact) mass is 445 g/mol. The third-order valence-electron chi connectivity index (χ3n) is 7.90. The Balaban J connectivity index is 2.20. The summed E-state index contributed by atoms with van der Waals surface area (Å²) in [5.74, 6) is -0.951. The van der Waals surface area contributed by atoms with Crippen LogP contribution in [0.4, 0.5) is 0 Å². The third kappa shape index (κ3) is 4.24. The van der Waals surface area contributed by atoms with Crippen molar-refractivity contribution in [3.05, 3.63) is 23.3 Å². The highest BCUT2D eigenvalue weighted by Crippen LogP contribution is 2.55. The smallest absolute Gasteiger partial charge is 0.235 e. The lowest BCUT2D eigenvalue weighted by Crippen LogP contribution is -2.53. The average Bonchev–Trinajstić information content (AvgIpc) is 3.00. The van der Waals surface area contributed by atoms with E-state index in [0.717, 1.165) is 12.0 Å². The fourth-order valence-corrected chi connectivity index (χ4v) is 6.32. The van der Waals surface area contributed by atoms with E-state index in [1.165, 1.54) is 12.7 Å². The van der Waals surface area contributed by atoms with Crippen molar-refractivity contribution in [2.24, 2.45) is 35.0 Å². The highest BCUT2D eigenvalue weighted by molar-refractivity contribution is 6.10. The van der Waals surface area contributed by atoms with Crippen LogP contribution in [-0.2, 0) is 19.1 Å². The molecule has 6 heteroatoms. The van der Waals surface area contributed by atoms with Gasteiger partial charge in [0.05, 0.1) is 0 Å². The van der Waals surface area contributed by atoms with Crippen LogP contribution in [0.2, 0.25) is 0 Å². The van der Waals surface area contributed by atoms with Crippen molar-refractivity contribution in [2.45, 2.75) is 72.4 Å². The molecule has 2 N–H and O–H groups in total. The molecule has 0 saturated carbocycles. The van der Waals surface area contributed by atoms with Crippen molar-refractivity contribution in [1.29, 1.82) is 0 Å². The average molecular weight is 446 g/mol. The first-order valence-corrected chi connectivity index (χ1v) is 11.9. The van der Waals surface area contributed by atoms with Gasteiger partial charge in [-0.05, 0) is 44.4 Å². The predicted octanol–water partition coefficient (Wildman–Crippen LogP) is 3.24. The Labute approximate surface area is 191 Å². The van der Waals surface area contributed by atoms with Crippen molar-refractivity contribution < 1.29 is 24.2 Å². The minimum Gasteiger partial charge on any atom is -0.396 e. The van der Waals surface area contributed by atoms with Gasteiger partial charge in [0.15, 0.2) is 11.6 Å². The summed E-state index contributed by atoms with van der Waals surface area (Å²) in [7, 11) is 1.43. The van der Waals surface area contributed by atoms with E-state index >= 15 is 0 Å². The number of nitrogens with one attached hydrogen (secondary N) is 1. The number of carbonyl (C=O) groups is 3. The number of aliphatic hydroxyl groups is 1. The lowest BCUT2D eigenvalue weighted by Gasteiger charge is -2.45. The molecular formula is C26H39NO5. The van der Waals surface area contributed by atoms with Crippen molar-refractivity contribution in [3.63, 3.8) is 0 Å². The van der Waals surface area contributed by atoms with Crippen LogP contribution in [0.1, 0.15) is 60.3 Å². The summed E-state index contributed by atoms with van der Waals surface area (Å²) in [4.78, 5) is 40.7. The quantitative estimate of drug-likeness (QED) is 0.512. The summed E-state index contributed by atoms with van der Waals surface area (Å²) >= 11 is 0. The Morgan fingerprint density at radius 2 is 1.84 bits per heavy atom. The van der Waals surface area contributed by atoms with Crippen molar-refractivity contribution in [1.82, 2.24) is 5.32 Å². The molecule has 1 heterocycles. The Morgan fingerprint density at radius 3 is 2.44 bits per heavy atom. The van der Waals surface area contributed by atoms with E-state index in [9.17, 15) is 19.5 Å². The topological polar surface area (TPSA) is 92.7 Å². The largest absolute Gasteiger partial charge is 0.396 e. The maximum Gasteiger partial charge on any atom is 0.235 e. The van der Waals surface area contributed by atoms with E-state index in [-0.39, 0.29) is 66.6 Å². The van der Waals surface area contributed by atoms with E-state index in [0.29, 0.717) is 12.3 Å². The molecule has 6 nitrogen and oxygen atoms in total. The fourth-order valence-electron chi connectivity index (χ4n) is 6.32. The molecule has 1 amide bonds. The van der Waals surface area contributed by atoms with Gasteiger partial charge in [0, 0.05) is 44.4 Å². The molecule has 0 aromatic heterocycles. The van der Waals surface area contributed by atoms with Crippen molar-refractivity contribution in [2.75, 3.05) is 13.7 Å². The van der Waals surface area contributed by atoms with E-state index < -0.39 is 11.5 Å². The van der Waals surface area contributed by atoms with Gasteiger partial charge in [-0.2, -0.15) is 0 Å². The van der Waals surface area contributed by atoms with Gasteiger partial charge in [-0.15, -0.1) is 0 Å². The van der Waals surface area contributed by atoms with E-state index in [2.05, 4.69) is 39.1 Å². The molecule has 7 atom stereocenters. The standard InChI is InChI=1S/C26H39NO5/c1-14(2)7-20-24-17(5)16(4)10-19-9-15(3)8-18(13-28)11-21(29)22(32-6)12-23(30)26(19,24)25(31)27-20/h9-10,14,17-20,22,24,28H,7-8,11-13H2,1-6H3,(H,27,31). The van der Waals surface area contributed by atoms with Gasteiger partial charge >= 0.3 is 0 Å². The van der Waals surface area contributed by atoms with Gasteiger partial charge in [-0.25, -0.2) is 0 Å². The van der Waals surface area contributed by atoms with Gasteiger partial charge in [0.25, 0.3) is 0 Å². The number of aliphatic hydroxyl groups excluding tert-OH is 1. The molecule has 3 aliphatic rings. The van der Waals surface area contributed by atoms with Crippen molar-refractivity contribution >= 4 is 17.5 Å². The number of ether oxygens (including phenoxy) is 1. The molecule has 32 heavy (non-hydrogen) atoms. The zero-order chi connectivity index (χ0) is 23.8. The number of allylic oxidation sites excluding steroid dienone is 4. The second-order valence-corrected chi connectivity index (χ2v) is 10.6. The molecule has 1 saturated heterocycles. The van der Waals surface area contributed by atoms with Crippen LogP contribution in [0.3, 0.4) is 0 Å². The summed E-state index contributed by atoms with van der Waals surface area (Å²) in [6, 6.07) is -0.0895. The maximum atomic E-state index is 14.0. The SMILES string of the molecule is COC1CC(=O)C23C(=O)NC(CC(C)C)C2C(C)C(C)=CC3C=C(C)CC(CO)CC1=O. The molecule has 0 radical (unpaired) electrons. The van der Waals surface area contributed by atoms with Crippen molar-refractivity contribution in [3.8, 4) is 0 Å². The molecular weight excluding hydrogens is 406 g/mol. The highest BCUT2D eigenvalue weighted by atomic mass is 16.5. The first kappa shape index (κ1) is 24.8. The van der Waals surface area contributed by atoms with E-state index in [1.54, 1.807) is 0 Å². The fraction of sp³-hybridized carbons (Fsp3) is 0.731. The Bertz CT molecular complexity index is 828. The Morgan fingerprint density at radius 1 is 1.16 bits per heavy atom. The van der Waals surface area contributed by atoms with Crippen LogP contribution in [-0.4, -0.2) is 48.4 Å². The number of rotatable bonds is 4. The maximum absolute atomic E-state index is 14.0. The molecule has 2 aliphatic carbocycles. The van der Waals surface area contributed by atoms with E-state index in [1.807, 2.05) is 13.0 Å². The summed E-state index contributed by atoms with van der Waals surface area (Å²) in [5.41, 5.74) is 0.934. The van der Waals surface area contributed by atoms with Gasteiger partial charge in [0.1, 0.15) is 11.5 Å². The normalized spacial score (nSPS) is 38.4. The Kier molecular flexibility index (Phi) is 7.45. The lowest BCUT2D eigenvalue weighted by atomic mass is 9.54. The van der Waals surface area contributed by atoms with Crippen LogP contribution in [0, 0.1) is 35.0 Å². The van der Waals surface area contributed by atoms with Crippen LogP contribution < -0.4 is 5.32 Å². The molecule has 1 aliphatic heterocycles. The van der Waals surface area contributed by atoms with Gasteiger partial charge < -0.3 is 15.2 Å². The Hall–Kier alpha value is -1.79. The third-order valence-corrected chi connectivity index (χ3v) is 7.90. The van der Waals surface area contributed by atoms with Crippen LogP contribution in [0.5, 0.6) is 0 Å². The second kappa shape index (κ2) is 9.60. The van der Waals surface area contributed by atoms with E-state index in [4.69, 9.17) is 4.74 Å². The zero-order valence-corrected chi connectivity index (χ0v) is 20.3. The number of carbonyl (C=O) groups excluding carboxylic acids is 3. The lowest BCUT2D eigenvalue weighted by molar-refractivity contribution is -0.149. The molecule has 0 aromatic carbocycles. The summed E-state index contributed by atoms with van der Waals surface area (Å²) in [6.07, 6.45) is 4.61. The number of hydrogen-bond donors (Lipinski definition) is 2. The van der Waals surface area contributed by atoms with Crippen LogP contribution in [0.15, 0.2) is 23.3 Å². The molecule has 7 unspecified atom stereocenters. The molecule has 1 fully saturated rings. The number of ketones is 2. The van der Waals surface area contributed by atoms with Gasteiger partial charge in [-0.1, -0.05) is 44.1 Å². The second-order valence-electron chi connectivity index (χ2n) is 10.6. The predicted molar refractivity (Wildman–Crippen MR) is 123 cm³/mol. The summed E-state index contributed by atoms with van der Waals surface area (Å²) in [6.45, 7) is 10.3. The molecule has 3 rings (SSSR count). The summed E-state index contributed by atoms with van der Waals surface area (Å²) < 4.78 is 5.45. The molecule has 1 spiro atoms. The number of Topliss-reactive ketones (excluding diaryl/α,β-unsaturated/α-hetero) is 2.